The average molecular weight is 303 g/mol. The van der Waals surface area contributed by atoms with Crippen molar-refractivity contribution in [2.75, 3.05) is 0 Å². The fraction of sp³-hybridized carbons (Fsp3) is 0.429. The van der Waals surface area contributed by atoms with Gasteiger partial charge in [-0.2, -0.15) is 13.2 Å². The number of nitrogens with one attached hydrogen (secondary N) is 1. The molecule has 0 fully saturated rings. The number of hydrogen-bond acceptors (Lipinski definition) is 2. The minimum Gasteiger partial charge on any atom is -0.480 e. The van der Waals surface area contributed by atoms with Crippen LogP contribution in [0.4, 0.5) is 13.2 Å². The van der Waals surface area contributed by atoms with Gasteiger partial charge in [-0.25, -0.2) is 0 Å². The third-order valence-electron chi connectivity index (χ3n) is 3.07. The highest BCUT2D eigenvalue weighted by molar-refractivity contribution is 5.87. The first-order chi connectivity index (χ1) is 9.66. The summed E-state index contributed by atoms with van der Waals surface area (Å²) in [6, 6.07) is 3.40. The summed E-state index contributed by atoms with van der Waals surface area (Å²) in [7, 11) is 0. The predicted octanol–water partition coefficient (Wildman–Crippen LogP) is 2.79. The Hall–Kier alpha value is -2.05. The molecule has 0 aliphatic rings. The van der Waals surface area contributed by atoms with Gasteiger partial charge < -0.3 is 10.4 Å². The molecule has 0 radical (unpaired) electrons. The first-order valence-corrected chi connectivity index (χ1v) is 6.37. The molecule has 0 saturated carbocycles. The van der Waals surface area contributed by atoms with Crippen molar-refractivity contribution in [2.24, 2.45) is 0 Å². The van der Waals surface area contributed by atoms with Gasteiger partial charge in [0.05, 0.1) is 11.5 Å². The summed E-state index contributed by atoms with van der Waals surface area (Å²) in [6.07, 6.45) is -4.22. The number of amides is 1. The molecule has 0 aliphatic carbocycles. The number of alkyl halides is 3. The summed E-state index contributed by atoms with van der Waals surface area (Å²) in [5, 5.41) is 11.0. The zero-order valence-electron chi connectivity index (χ0n) is 11.6. The van der Waals surface area contributed by atoms with Crippen molar-refractivity contribution in [2.45, 2.75) is 38.4 Å². The fourth-order valence-corrected chi connectivity index (χ4v) is 1.88. The lowest BCUT2D eigenvalue weighted by Gasteiger charge is -2.18. The summed E-state index contributed by atoms with van der Waals surface area (Å²) >= 11 is 0. The molecule has 0 spiro atoms. The Morgan fingerprint density at radius 3 is 2.43 bits per heavy atom. The number of aliphatic carboxylic acids is 1. The van der Waals surface area contributed by atoms with E-state index in [1.54, 1.807) is 6.92 Å². The molecule has 1 aromatic rings. The highest BCUT2D eigenvalue weighted by atomic mass is 19.4. The average Bonchev–Trinajstić information content (AvgIpc) is 2.38. The molecule has 116 valence electrons. The highest BCUT2D eigenvalue weighted by Gasteiger charge is 2.31. The number of benzene rings is 1. The molecule has 0 heterocycles. The van der Waals surface area contributed by atoms with Crippen LogP contribution < -0.4 is 5.32 Å². The van der Waals surface area contributed by atoms with Crippen molar-refractivity contribution in [3.05, 3.63) is 35.4 Å². The molecule has 2 atom stereocenters. The SMILES string of the molecule is CCC(C(=O)NC(C)C(=O)O)c1cccc(C(F)(F)F)c1. The number of carboxylic acids is 1. The van der Waals surface area contributed by atoms with Gasteiger partial charge in [0.15, 0.2) is 0 Å². The van der Waals surface area contributed by atoms with Gasteiger partial charge in [-0.05, 0) is 25.0 Å². The van der Waals surface area contributed by atoms with Crippen LogP contribution in [0, 0.1) is 0 Å². The lowest BCUT2D eigenvalue weighted by Crippen LogP contribution is -2.40. The number of halogens is 3. The van der Waals surface area contributed by atoms with Crippen LogP contribution in [-0.4, -0.2) is 23.0 Å². The van der Waals surface area contributed by atoms with Gasteiger partial charge in [0.2, 0.25) is 5.91 Å². The summed E-state index contributed by atoms with van der Waals surface area (Å²) in [5.74, 6) is -2.64. The largest absolute Gasteiger partial charge is 0.480 e. The molecule has 1 rings (SSSR count). The molecule has 2 N–H and O–H groups in total. The van der Waals surface area contributed by atoms with Crippen LogP contribution >= 0.6 is 0 Å². The van der Waals surface area contributed by atoms with E-state index in [2.05, 4.69) is 5.32 Å². The fourth-order valence-electron chi connectivity index (χ4n) is 1.88. The van der Waals surface area contributed by atoms with E-state index in [4.69, 9.17) is 5.11 Å². The zero-order valence-corrected chi connectivity index (χ0v) is 11.6. The Morgan fingerprint density at radius 1 is 1.33 bits per heavy atom. The topological polar surface area (TPSA) is 66.4 Å². The van der Waals surface area contributed by atoms with Crippen LogP contribution in [-0.2, 0) is 15.8 Å². The van der Waals surface area contributed by atoms with Gasteiger partial charge >= 0.3 is 12.1 Å². The summed E-state index contributed by atoms with van der Waals surface area (Å²) in [6.45, 7) is 2.94. The van der Waals surface area contributed by atoms with Crippen molar-refractivity contribution in [3.8, 4) is 0 Å². The van der Waals surface area contributed by atoms with Gasteiger partial charge in [-0.3, -0.25) is 9.59 Å². The molecular formula is C14H16F3NO3. The lowest BCUT2D eigenvalue weighted by molar-refractivity contribution is -0.141. The van der Waals surface area contributed by atoms with E-state index in [0.717, 1.165) is 12.1 Å². The Bertz CT molecular complexity index is 528. The van der Waals surface area contributed by atoms with E-state index in [-0.39, 0.29) is 12.0 Å². The predicted molar refractivity (Wildman–Crippen MR) is 69.7 cm³/mol. The normalized spacial score (nSPS) is 14.3. The molecule has 7 heteroatoms. The number of hydrogen-bond donors (Lipinski definition) is 2. The molecule has 1 aromatic carbocycles. The number of carbonyl (C=O) groups excluding carboxylic acids is 1. The Kier molecular flexibility index (Phi) is 5.34. The molecule has 0 aliphatic heterocycles. The molecular weight excluding hydrogens is 287 g/mol. The minimum absolute atomic E-state index is 0.211. The summed E-state index contributed by atoms with van der Waals surface area (Å²) in [5.41, 5.74) is -0.625. The zero-order chi connectivity index (χ0) is 16.2. The molecule has 1 amide bonds. The molecule has 0 bridgehead atoms. The van der Waals surface area contributed by atoms with Crippen LogP contribution in [0.3, 0.4) is 0 Å². The maximum absolute atomic E-state index is 12.7. The summed E-state index contributed by atoms with van der Waals surface area (Å²) in [4.78, 5) is 22.7. The first-order valence-electron chi connectivity index (χ1n) is 6.37. The Labute approximate surface area is 120 Å². The van der Waals surface area contributed by atoms with E-state index in [9.17, 15) is 22.8 Å². The number of carboxylic acid groups (broad SMARTS) is 1. The molecule has 21 heavy (non-hydrogen) atoms. The van der Waals surface area contributed by atoms with Crippen LogP contribution in [0.1, 0.15) is 37.3 Å². The van der Waals surface area contributed by atoms with Gasteiger partial charge in [-0.1, -0.05) is 25.1 Å². The van der Waals surface area contributed by atoms with Crippen LogP contribution in [0.5, 0.6) is 0 Å². The van der Waals surface area contributed by atoms with Crippen molar-refractivity contribution in [1.82, 2.24) is 5.32 Å². The molecule has 0 aromatic heterocycles. The number of rotatable bonds is 5. The second-order valence-corrected chi connectivity index (χ2v) is 4.65. The van der Waals surface area contributed by atoms with E-state index in [1.165, 1.54) is 19.1 Å². The third kappa shape index (κ3) is 4.47. The first kappa shape index (κ1) is 17.0. The molecule has 4 nitrogen and oxygen atoms in total. The van der Waals surface area contributed by atoms with Crippen LogP contribution in [0.25, 0.3) is 0 Å². The van der Waals surface area contributed by atoms with Gasteiger partial charge in [-0.15, -0.1) is 0 Å². The monoisotopic (exact) mass is 303 g/mol. The number of carbonyl (C=O) groups is 2. The minimum atomic E-state index is -4.49. The second-order valence-electron chi connectivity index (χ2n) is 4.65. The summed E-state index contributed by atoms with van der Waals surface area (Å²) < 4.78 is 38.0. The van der Waals surface area contributed by atoms with Crippen LogP contribution in [0.2, 0.25) is 0 Å². The van der Waals surface area contributed by atoms with Gasteiger partial charge in [0, 0.05) is 0 Å². The van der Waals surface area contributed by atoms with E-state index in [1.807, 2.05) is 0 Å². The molecule has 2 unspecified atom stereocenters. The van der Waals surface area contributed by atoms with Crippen molar-refractivity contribution >= 4 is 11.9 Å². The molecule has 0 saturated heterocycles. The third-order valence-corrected chi connectivity index (χ3v) is 3.07. The van der Waals surface area contributed by atoms with Crippen LogP contribution in [0.15, 0.2) is 24.3 Å². The second kappa shape index (κ2) is 6.60. The Morgan fingerprint density at radius 2 is 1.95 bits per heavy atom. The smallest absolute Gasteiger partial charge is 0.416 e. The van der Waals surface area contributed by atoms with Crippen molar-refractivity contribution in [3.63, 3.8) is 0 Å². The van der Waals surface area contributed by atoms with E-state index in [0.29, 0.717) is 0 Å². The highest BCUT2D eigenvalue weighted by Crippen LogP contribution is 2.31. The van der Waals surface area contributed by atoms with Crippen molar-refractivity contribution in [1.29, 1.82) is 0 Å². The Balaban J connectivity index is 3.00. The standard InChI is InChI=1S/C14H16F3NO3/c1-3-11(12(19)18-8(2)13(20)21)9-5-4-6-10(7-9)14(15,16)17/h4-8,11H,3H2,1-2H3,(H,18,19)(H,20,21). The maximum atomic E-state index is 12.7. The van der Waals surface area contributed by atoms with E-state index < -0.39 is 35.6 Å². The van der Waals surface area contributed by atoms with E-state index >= 15 is 0 Å². The lowest BCUT2D eigenvalue weighted by atomic mass is 9.93. The van der Waals surface area contributed by atoms with Gasteiger partial charge in [0.25, 0.3) is 0 Å². The van der Waals surface area contributed by atoms with Gasteiger partial charge in [0.1, 0.15) is 6.04 Å². The quantitative estimate of drug-likeness (QED) is 0.879. The maximum Gasteiger partial charge on any atom is 0.416 e. The van der Waals surface area contributed by atoms with Crippen molar-refractivity contribution < 1.29 is 27.9 Å².